The average molecular weight is 360 g/mol. The van der Waals surface area contributed by atoms with Gasteiger partial charge in [-0.1, -0.05) is 24.3 Å². The fourth-order valence-electron chi connectivity index (χ4n) is 3.06. The number of carbonyl (C=O) groups excluding carboxylic acids is 3. The van der Waals surface area contributed by atoms with Crippen molar-refractivity contribution >= 4 is 18.2 Å². The van der Waals surface area contributed by atoms with Gasteiger partial charge in [-0.25, -0.2) is 9.59 Å². The second-order valence-electron chi connectivity index (χ2n) is 6.58. The highest BCUT2D eigenvalue weighted by atomic mass is 16.6. The van der Waals surface area contributed by atoms with Crippen molar-refractivity contribution < 1.29 is 29.0 Å². The first kappa shape index (κ1) is 19.8. The molecule has 0 aromatic heterocycles. The van der Waals surface area contributed by atoms with Gasteiger partial charge < -0.3 is 14.6 Å². The third-order valence-electron chi connectivity index (χ3n) is 4.76. The maximum Gasteiger partial charge on any atom is 0.334 e. The summed E-state index contributed by atoms with van der Waals surface area (Å²) < 4.78 is 10.7. The first-order chi connectivity index (χ1) is 12.3. The number of hydrogen-bond acceptors (Lipinski definition) is 6. The van der Waals surface area contributed by atoms with Crippen molar-refractivity contribution in [2.75, 3.05) is 0 Å². The molecule has 0 radical (unpaired) electrons. The van der Waals surface area contributed by atoms with Crippen molar-refractivity contribution in [3.8, 4) is 0 Å². The van der Waals surface area contributed by atoms with Gasteiger partial charge in [-0.15, -0.1) is 0 Å². The number of hydrogen-bond donors (Lipinski definition) is 1. The second-order valence-corrected chi connectivity index (χ2v) is 6.58. The number of aldehydes is 1. The van der Waals surface area contributed by atoms with Crippen LogP contribution in [0.25, 0.3) is 0 Å². The molecule has 1 N–H and O–H groups in total. The van der Waals surface area contributed by atoms with Crippen LogP contribution in [0.4, 0.5) is 0 Å². The molecule has 2 aliphatic rings. The average Bonchev–Trinajstić information content (AvgIpc) is 2.88. The van der Waals surface area contributed by atoms with Gasteiger partial charge >= 0.3 is 11.9 Å². The Morgan fingerprint density at radius 3 is 2.77 bits per heavy atom. The number of esters is 2. The Kier molecular flexibility index (Phi) is 6.32. The van der Waals surface area contributed by atoms with Crippen LogP contribution in [-0.4, -0.2) is 41.6 Å². The molecule has 0 bridgehead atoms. The van der Waals surface area contributed by atoms with E-state index < -0.39 is 36.2 Å². The Morgan fingerprint density at radius 1 is 1.46 bits per heavy atom. The highest BCUT2D eigenvalue weighted by Gasteiger charge is 2.46. The molecular weight excluding hydrogens is 336 g/mol. The van der Waals surface area contributed by atoms with E-state index in [2.05, 4.69) is 6.58 Å². The zero-order valence-electron chi connectivity index (χ0n) is 15.2. The Labute approximate surface area is 152 Å². The molecule has 1 aliphatic heterocycles. The molecule has 1 heterocycles. The quantitative estimate of drug-likeness (QED) is 0.359. The lowest BCUT2D eigenvalue weighted by atomic mass is 9.84. The Bertz CT molecular complexity index is 712. The van der Waals surface area contributed by atoms with Gasteiger partial charge in [0.25, 0.3) is 0 Å². The van der Waals surface area contributed by atoms with Crippen LogP contribution in [0.2, 0.25) is 0 Å². The van der Waals surface area contributed by atoms with Crippen LogP contribution in [0.5, 0.6) is 0 Å². The van der Waals surface area contributed by atoms with E-state index >= 15 is 0 Å². The van der Waals surface area contributed by atoms with Crippen LogP contribution in [0, 0.1) is 5.92 Å². The lowest BCUT2D eigenvalue weighted by molar-refractivity contribution is -0.150. The van der Waals surface area contributed by atoms with Crippen molar-refractivity contribution in [2.24, 2.45) is 5.92 Å². The number of aliphatic hydroxyl groups is 1. The largest absolute Gasteiger partial charge is 0.454 e. The first-order valence-corrected chi connectivity index (χ1v) is 8.54. The van der Waals surface area contributed by atoms with Crippen LogP contribution in [0.15, 0.2) is 47.1 Å². The van der Waals surface area contributed by atoms with Gasteiger partial charge in [0.15, 0.2) is 6.10 Å². The monoisotopic (exact) mass is 360 g/mol. The van der Waals surface area contributed by atoms with E-state index in [-0.39, 0.29) is 11.1 Å². The van der Waals surface area contributed by atoms with E-state index in [1.807, 2.05) is 6.92 Å². The maximum absolute atomic E-state index is 12.2. The molecule has 0 aromatic carbocycles. The van der Waals surface area contributed by atoms with Crippen molar-refractivity contribution in [3.63, 3.8) is 0 Å². The zero-order chi connectivity index (χ0) is 19.4. The van der Waals surface area contributed by atoms with E-state index in [1.165, 1.54) is 0 Å². The van der Waals surface area contributed by atoms with Gasteiger partial charge in [0, 0.05) is 16.7 Å². The van der Waals surface area contributed by atoms with E-state index in [0.29, 0.717) is 24.7 Å². The molecular formula is C20H24O6. The predicted molar refractivity (Wildman–Crippen MR) is 95.0 cm³/mol. The smallest absolute Gasteiger partial charge is 0.334 e. The summed E-state index contributed by atoms with van der Waals surface area (Å²) in [5.74, 6) is -2.04. The standard InChI is InChI=1S/C20H24O6/c1-5-12(3)19(23)26-18-14(10-21)8-6-7-11(2)9-15-16(17(18)22)13(4)20(24)25-15/h5,8-10,15-18,22H,4,6-7H2,1-3H3/b11-9+,12-5-,14-8-/t15-,16+,17+,18+/m1/s1. The molecule has 0 spiro atoms. The van der Waals surface area contributed by atoms with Gasteiger partial charge in [0.2, 0.25) is 0 Å². The zero-order valence-corrected chi connectivity index (χ0v) is 15.2. The summed E-state index contributed by atoms with van der Waals surface area (Å²) in [6.45, 7) is 8.87. The molecule has 6 heteroatoms. The summed E-state index contributed by atoms with van der Waals surface area (Å²) in [5, 5.41) is 10.9. The van der Waals surface area contributed by atoms with E-state index in [9.17, 15) is 19.5 Å². The molecule has 1 aliphatic carbocycles. The van der Waals surface area contributed by atoms with E-state index in [0.717, 1.165) is 5.57 Å². The minimum atomic E-state index is -1.34. The lowest BCUT2D eigenvalue weighted by Gasteiger charge is -2.30. The predicted octanol–water partition coefficient (Wildman–Crippen LogP) is 2.19. The molecule has 2 rings (SSSR count). The first-order valence-electron chi connectivity index (χ1n) is 8.54. The molecule has 1 saturated heterocycles. The maximum atomic E-state index is 12.2. The molecule has 26 heavy (non-hydrogen) atoms. The van der Waals surface area contributed by atoms with Crippen molar-refractivity contribution in [3.05, 3.63) is 47.1 Å². The van der Waals surface area contributed by atoms with Crippen molar-refractivity contribution in [1.82, 2.24) is 0 Å². The summed E-state index contributed by atoms with van der Waals surface area (Å²) in [4.78, 5) is 35.8. The molecule has 6 nitrogen and oxygen atoms in total. The second kappa shape index (κ2) is 8.27. The van der Waals surface area contributed by atoms with E-state index in [4.69, 9.17) is 9.47 Å². The molecule has 140 valence electrons. The molecule has 1 fully saturated rings. The minimum absolute atomic E-state index is 0.0983. The lowest BCUT2D eigenvalue weighted by Crippen LogP contribution is -2.42. The van der Waals surface area contributed by atoms with Gasteiger partial charge in [-0.05, 0) is 39.7 Å². The van der Waals surface area contributed by atoms with Crippen LogP contribution >= 0.6 is 0 Å². The molecule has 0 amide bonds. The van der Waals surface area contributed by atoms with Crippen molar-refractivity contribution in [1.29, 1.82) is 0 Å². The Morgan fingerprint density at radius 2 is 2.15 bits per heavy atom. The van der Waals surface area contributed by atoms with E-state index in [1.54, 1.807) is 32.1 Å². The van der Waals surface area contributed by atoms with Gasteiger partial charge in [-0.3, -0.25) is 4.79 Å². The molecule has 4 atom stereocenters. The SMILES string of the molecule is C=C1C(=O)O[C@@H]2/C=C(\C)CC/C=C(/C=O)[C@H](OC(=O)/C(C)=C\C)[C@@H](O)[C@@H]12. The number of aliphatic hydroxyl groups excluding tert-OH is 1. The third kappa shape index (κ3) is 4.02. The van der Waals surface area contributed by atoms with Crippen LogP contribution in [-0.2, 0) is 23.9 Å². The van der Waals surface area contributed by atoms with Crippen LogP contribution in [0.3, 0.4) is 0 Å². The summed E-state index contributed by atoms with van der Waals surface area (Å²) in [7, 11) is 0. The minimum Gasteiger partial charge on any atom is -0.454 e. The van der Waals surface area contributed by atoms with Crippen LogP contribution in [0.1, 0.15) is 33.6 Å². The molecule has 0 unspecified atom stereocenters. The normalized spacial score (nSPS) is 33.9. The number of fused-ring (bicyclic) bond motifs is 1. The number of allylic oxidation sites excluding steroid dienone is 3. The van der Waals surface area contributed by atoms with Gasteiger partial charge in [0.1, 0.15) is 18.5 Å². The van der Waals surface area contributed by atoms with Crippen molar-refractivity contribution in [2.45, 2.75) is 51.9 Å². The molecule has 0 saturated carbocycles. The number of ether oxygens (including phenoxy) is 2. The topological polar surface area (TPSA) is 89.9 Å². The number of rotatable bonds is 3. The summed E-state index contributed by atoms with van der Waals surface area (Å²) in [6, 6.07) is 0. The highest BCUT2D eigenvalue weighted by molar-refractivity contribution is 5.92. The Hall–Kier alpha value is -2.47. The summed E-state index contributed by atoms with van der Waals surface area (Å²) in [5.41, 5.74) is 1.58. The number of carbonyl (C=O) groups is 3. The highest BCUT2D eigenvalue weighted by Crippen LogP contribution is 2.35. The Balaban J connectivity index is 2.47. The summed E-state index contributed by atoms with van der Waals surface area (Å²) in [6.07, 6.45) is 3.50. The van der Waals surface area contributed by atoms with Gasteiger partial charge in [-0.2, -0.15) is 0 Å². The molecule has 0 aromatic rings. The fraction of sp³-hybridized carbons (Fsp3) is 0.450. The summed E-state index contributed by atoms with van der Waals surface area (Å²) >= 11 is 0. The van der Waals surface area contributed by atoms with Gasteiger partial charge in [0.05, 0.1) is 5.92 Å². The fourth-order valence-corrected chi connectivity index (χ4v) is 3.06. The van der Waals surface area contributed by atoms with Crippen LogP contribution < -0.4 is 0 Å². The third-order valence-corrected chi connectivity index (χ3v) is 4.76.